The molecule has 0 aliphatic heterocycles. The van der Waals surface area contributed by atoms with Crippen LogP contribution in [0.3, 0.4) is 0 Å². The van der Waals surface area contributed by atoms with Crippen LogP contribution in [-0.2, 0) is 6.42 Å². The predicted octanol–water partition coefficient (Wildman–Crippen LogP) is 1.50. The smallest absolute Gasteiger partial charge is 0.178 e. The molecule has 0 unspecified atom stereocenters. The lowest BCUT2D eigenvalue weighted by atomic mass is 9.85. The molecule has 3 heteroatoms. The first kappa shape index (κ1) is 10.3. The van der Waals surface area contributed by atoms with Crippen LogP contribution in [0.15, 0.2) is 12.1 Å². The summed E-state index contributed by atoms with van der Waals surface area (Å²) in [7, 11) is 0. The Hall–Kier alpha value is -1.19. The zero-order valence-corrected chi connectivity index (χ0v) is 8.66. The summed E-state index contributed by atoms with van der Waals surface area (Å²) in [6.07, 6.45) is 0.875. The molecule has 1 aliphatic rings. The van der Waals surface area contributed by atoms with Crippen molar-refractivity contribution in [3.63, 3.8) is 0 Å². The van der Waals surface area contributed by atoms with Crippen molar-refractivity contribution in [2.75, 3.05) is 0 Å². The Kier molecular flexibility index (Phi) is 2.59. The van der Waals surface area contributed by atoms with E-state index in [2.05, 4.69) is 0 Å². The van der Waals surface area contributed by atoms with Gasteiger partial charge in [0.2, 0.25) is 0 Å². The molecule has 2 rings (SSSR count). The number of hydrogen-bond acceptors (Lipinski definition) is 3. The van der Waals surface area contributed by atoms with E-state index in [1.165, 1.54) is 0 Å². The van der Waals surface area contributed by atoms with E-state index < -0.39 is 6.29 Å². The number of hydrogen-bond donors (Lipinski definition) is 2. The van der Waals surface area contributed by atoms with Crippen LogP contribution >= 0.6 is 0 Å². The summed E-state index contributed by atoms with van der Waals surface area (Å²) in [5.74, 6) is 0.122. The highest BCUT2D eigenvalue weighted by Crippen LogP contribution is 2.28. The van der Waals surface area contributed by atoms with Gasteiger partial charge in [-0.25, -0.2) is 0 Å². The Balaban J connectivity index is 2.59. The van der Waals surface area contributed by atoms with Crippen molar-refractivity contribution in [1.29, 1.82) is 0 Å². The van der Waals surface area contributed by atoms with Gasteiger partial charge in [-0.05, 0) is 30.9 Å². The second-order valence-electron chi connectivity index (χ2n) is 3.96. The molecule has 15 heavy (non-hydrogen) atoms. The van der Waals surface area contributed by atoms with Gasteiger partial charge in [0.15, 0.2) is 12.1 Å². The minimum absolute atomic E-state index is 0.122. The third-order valence-electron chi connectivity index (χ3n) is 3.00. The van der Waals surface area contributed by atoms with E-state index in [-0.39, 0.29) is 5.78 Å². The summed E-state index contributed by atoms with van der Waals surface area (Å²) in [4.78, 5) is 11.7. The normalized spacial score (nSPS) is 15.6. The lowest BCUT2D eigenvalue weighted by Gasteiger charge is -2.19. The van der Waals surface area contributed by atoms with Crippen LogP contribution in [0.4, 0.5) is 0 Å². The number of fused-ring (bicyclic) bond motifs is 1. The molecule has 0 radical (unpaired) electrons. The topological polar surface area (TPSA) is 57.5 Å². The number of carbonyl (C=O) groups excluding carboxylic acids is 1. The molecule has 0 amide bonds. The summed E-state index contributed by atoms with van der Waals surface area (Å²) in [5.41, 5.74) is 2.89. The molecule has 1 aliphatic carbocycles. The lowest BCUT2D eigenvalue weighted by Crippen LogP contribution is -2.15. The monoisotopic (exact) mass is 206 g/mol. The molecule has 80 valence electrons. The van der Waals surface area contributed by atoms with Gasteiger partial charge in [0.25, 0.3) is 0 Å². The average Bonchev–Trinajstić information content (AvgIpc) is 2.17. The third-order valence-corrected chi connectivity index (χ3v) is 3.00. The van der Waals surface area contributed by atoms with Gasteiger partial charge in [0.05, 0.1) is 0 Å². The van der Waals surface area contributed by atoms with Crippen LogP contribution in [0.5, 0.6) is 0 Å². The van der Waals surface area contributed by atoms with E-state index in [0.29, 0.717) is 23.1 Å². The summed E-state index contributed by atoms with van der Waals surface area (Å²) in [5, 5.41) is 18.3. The predicted molar refractivity (Wildman–Crippen MR) is 55.6 cm³/mol. The Bertz CT molecular complexity index is 408. The van der Waals surface area contributed by atoms with E-state index in [0.717, 1.165) is 18.4 Å². The number of aryl methyl sites for hydroxylation is 1. The molecule has 0 saturated heterocycles. The summed E-state index contributed by atoms with van der Waals surface area (Å²) in [6.45, 7) is 1.77. The number of benzene rings is 1. The summed E-state index contributed by atoms with van der Waals surface area (Å²) < 4.78 is 0. The van der Waals surface area contributed by atoms with Crippen LogP contribution in [0, 0.1) is 6.92 Å². The van der Waals surface area contributed by atoms with Gasteiger partial charge >= 0.3 is 0 Å². The van der Waals surface area contributed by atoms with Crippen molar-refractivity contribution in [2.45, 2.75) is 32.5 Å². The molecule has 1 aromatic rings. The fourth-order valence-electron chi connectivity index (χ4n) is 2.22. The number of aliphatic hydroxyl groups excluding tert-OH is 1. The molecule has 0 aromatic heterocycles. The minimum atomic E-state index is -1.50. The van der Waals surface area contributed by atoms with Gasteiger partial charge in [0, 0.05) is 17.5 Å². The van der Waals surface area contributed by atoms with E-state index >= 15 is 0 Å². The second kappa shape index (κ2) is 3.76. The zero-order chi connectivity index (χ0) is 11.0. The van der Waals surface area contributed by atoms with Crippen molar-refractivity contribution in [3.8, 4) is 0 Å². The maximum atomic E-state index is 11.7. The Morgan fingerprint density at radius 2 is 2.00 bits per heavy atom. The number of ketones is 1. The zero-order valence-electron chi connectivity index (χ0n) is 8.66. The molecule has 0 heterocycles. The van der Waals surface area contributed by atoms with E-state index in [1.54, 1.807) is 13.0 Å². The Morgan fingerprint density at radius 3 is 2.67 bits per heavy atom. The lowest BCUT2D eigenvalue weighted by molar-refractivity contribution is -0.0429. The first-order valence-electron chi connectivity index (χ1n) is 5.13. The molecule has 0 spiro atoms. The Labute approximate surface area is 88.4 Å². The van der Waals surface area contributed by atoms with Crippen molar-refractivity contribution < 1.29 is 15.0 Å². The third kappa shape index (κ3) is 1.68. The molecule has 2 N–H and O–H groups in total. The van der Waals surface area contributed by atoms with Gasteiger partial charge in [0.1, 0.15) is 0 Å². The van der Waals surface area contributed by atoms with Gasteiger partial charge in [-0.1, -0.05) is 12.1 Å². The van der Waals surface area contributed by atoms with Crippen LogP contribution in [0.2, 0.25) is 0 Å². The SMILES string of the molecule is Cc1c(C(O)O)ccc2c1C(=O)CCC2. The van der Waals surface area contributed by atoms with Gasteiger partial charge < -0.3 is 10.2 Å². The van der Waals surface area contributed by atoms with Gasteiger partial charge in [-0.3, -0.25) is 4.79 Å². The van der Waals surface area contributed by atoms with Crippen molar-refractivity contribution in [1.82, 2.24) is 0 Å². The van der Waals surface area contributed by atoms with E-state index in [9.17, 15) is 4.79 Å². The number of Topliss-reactive ketones (excluding diaryl/α,β-unsaturated/α-hetero) is 1. The number of rotatable bonds is 1. The first-order valence-corrected chi connectivity index (χ1v) is 5.13. The van der Waals surface area contributed by atoms with Crippen LogP contribution in [-0.4, -0.2) is 16.0 Å². The largest absolute Gasteiger partial charge is 0.364 e. The van der Waals surface area contributed by atoms with Gasteiger partial charge in [-0.15, -0.1) is 0 Å². The second-order valence-corrected chi connectivity index (χ2v) is 3.96. The maximum Gasteiger partial charge on any atom is 0.178 e. The fourth-order valence-corrected chi connectivity index (χ4v) is 2.22. The highest BCUT2D eigenvalue weighted by molar-refractivity contribution is 6.00. The number of aliphatic hydroxyl groups is 2. The molecule has 0 bridgehead atoms. The molecule has 0 atom stereocenters. The van der Waals surface area contributed by atoms with Crippen molar-refractivity contribution in [2.24, 2.45) is 0 Å². The maximum absolute atomic E-state index is 11.7. The van der Waals surface area contributed by atoms with Crippen LogP contribution in [0.25, 0.3) is 0 Å². The molecule has 1 aromatic carbocycles. The summed E-state index contributed by atoms with van der Waals surface area (Å²) in [6, 6.07) is 3.52. The van der Waals surface area contributed by atoms with Crippen molar-refractivity contribution in [3.05, 3.63) is 34.4 Å². The van der Waals surface area contributed by atoms with Crippen molar-refractivity contribution >= 4 is 5.78 Å². The van der Waals surface area contributed by atoms with E-state index in [4.69, 9.17) is 10.2 Å². The van der Waals surface area contributed by atoms with Gasteiger partial charge in [-0.2, -0.15) is 0 Å². The molecule has 3 nitrogen and oxygen atoms in total. The average molecular weight is 206 g/mol. The highest BCUT2D eigenvalue weighted by atomic mass is 16.5. The molecule has 0 fully saturated rings. The van der Waals surface area contributed by atoms with E-state index in [1.807, 2.05) is 6.07 Å². The molecule has 0 saturated carbocycles. The highest BCUT2D eigenvalue weighted by Gasteiger charge is 2.22. The minimum Gasteiger partial charge on any atom is -0.364 e. The Morgan fingerprint density at radius 1 is 1.27 bits per heavy atom. The van der Waals surface area contributed by atoms with Crippen LogP contribution < -0.4 is 0 Å². The number of carbonyl (C=O) groups is 1. The standard InChI is InChI=1S/C12H14O3/c1-7-9(12(14)15)6-5-8-3-2-4-10(13)11(7)8/h5-6,12,14-15H,2-4H2,1H3. The summed E-state index contributed by atoms with van der Waals surface area (Å²) >= 11 is 0. The molecular weight excluding hydrogens is 192 g/mol. The van der Waals surface area contributed by atoms with Crippen LogP contribution in [0.1, 0.15) is 46.2 Å². The first-order chi connectivity index (χ1) is 7.11. The quantitative estimate of drug-likeness (QED) is 0.684. The fraction of sp³-hybridized carbons (Fsp3) is 0.417. The molecular formula is C12H14O3.